The van der Waals surface area contributed by atoms with E-state index in [1.165, 1.54) is 0 Å². The van der Waals surface area contributed by atoms with Gasteiger partial charge in [-0.05, 0) is 30.9 Å². The van der Waals surface area contributed by atoms with Crippen molar-refractivity contribution in [3.8, 4) is 0 Å². The zero-order valence-corrected chi connectivity index (χ0v) is 13.4. The molecule has 2 N–H and O–H groups in total. The van der Waals surface area contributed by atoms with Gasteiger partial charge in [0.1, 0.15) is 4.88 Å². The average Bonchev–Trinajstić information content (AvgIpc) is 2.94. The van der Waals surface area contributed by atoms with Crippen molar-refractivity contribution in [2.75, 3.05) is 19.8 Å². The second-order valence-electron chi connectivity index (χ2n) is 4.89. The summed E-state index contributed by atoms with van der Waals surface area (Å²) in [6.45, 7) is 4.23. The first-order valence-electron chi connectivity index (χ1n) is 6.98. The molecule has 0 aliphatic heterocycles. The highest BCUT2D eigenvalue weighted by atomic mass is 32.1. The van der Waals surface area contributed by atoms with Crippen LogP contribution in [0.15, 0.2) is 24.3 Å². The Labute approximate surface area is 133 Å². The first-order chi connectivity index (χ1) is 10.6. The molecule has 22 heavy (non-hydrogen) atoms. The van der Waals surface area contributed by atoms with Crippen LogP contribution >= 0.6 is 11.5 Å². The SMILES string of the molecule is Cc1ccc(C(CNC(=O)c2snnc2C)OCCO)cc1. The summed E-state index contributed by atoms with van der Waals surface area (Å²) in [5.41, 5.74) is 2.73. The lowest BCUT2D eigenvalue weighted by Gasteiger charge is -2.18. The van der Waals surface area contributed by atoms with Crippen molar-refractivity contribution in [3.05, 3.63) is 46.0 Å². The minimum atomic E-state index is -0.308. The number of aliphatic hydroxyl groups is 1. The third-order valence-corrected chi connectivity index (χ3v) is 3.99. The molecule has 1 aromatic heterocycles. The van der Waals surface area contributed by atoms with Crippen LogP contribution < -0.4 is 5.32 Å². The monoisotopic (exact) mass is 321 g/mol. The fourth-order valence-electron chi connectivity index (χ4n) is 1.95. The highest BCUT2D eigenvalue weighted by Gasteiger charge is 2.17. The molecule has 1 atom stereocenters. The largest absolute Gasteiger partial charge is 0.394 e. The number of benzene rings is 1. The Bertz CT molecular complexity index is 613. The molecule has 1 amide bonds. The smallest absolute Gasteiger partial charge is 0.265 e. The summed E-state index contributed by atoms with van der Waals surface area (Å²) < 4.78 is 9.38. The summed E-state index contributed by atoms with van der Waals surface area (Å²) >= 11 is 1.07. The number of hydrogen-bond acceptors (Lipinski definition) is 6. The highest BCUT2D eigenvalue weighted by molar-refractivity contribution is 7.07. The first-order valence-corrected chi connectivity index (χ1v) is 7.75. The van der Waals surface area contributed by atoms with E-state index in [1.807, 2.05) is 31.2 Å². The zero-order chi connectivity index (χ0) is 15.9. The lowest BCUT2D eigenvalue weighted by molar-refractivity contribution is 0.0277. The van der Waals surface area contributed by atoms with Crippen molar-refractivity contribution >= 4 is 17.4 Å². The second-order valence-corrected chi connectivity index (χ2v) is 5.65. The third-order valence-electron chi connectivity index (χ3n) is 3.17. The van der Waals surface area contributed by atoms with Gasteiger partial charge >= 0.3 is 0 Å². The Morgan fingerprint density at radius 3 is 2.68 bits per heavy atom. The molecular weight excluding hydrogens is 302 g/mol. The third kappa shape index (κ3) is 4.33. The molecule has 118 valence electrons. The Morgan fingerprint density at radius 1 is 1.36 bits per heavy atom. The van der Waals surface area contributed by atoms with Crippen molar-refractivity contribution in [2.45, 2.75) is 20.0 Å². The summed E-state index contributed by atoms with van der Waals surface area (Å²) in [6, 6.07) is 7.90. The topological polar surface area (TPSA) is 84.3 Å². The first kappa shape index (κ1) is 16.5. The van der Waals surface area contributed by atoms with E-state index >= 15 is 0 Å². The van der Waals surface area contributed by atoms with E-state index in [4.69, 9.17) is 9.84 Å². The van der Waals surface area contributed by atoms with Crippen molar-refractivity contribution in [1.82, 2.24) is 14.9 Å². The summed E-state index contributed by atoms with van der Waals surface area (Å²) in [7, 11) is 0. The minimum Gasteiger partial charge on any atom is -0.394 e. The molecule has 0 saturated heterocycles. The molecular formula is C15H19N3O3S. The summed E-state index contributed by atoms with van der Waals surface area (Å²) in [6.07, 6.45) is -0.308. The van der Waals surface area contributed by atoms with Crippen LogP contribution in [0, 0.1) is 13.8 Å². The second kappa shape index (κ2) is 7.98. The van der Waals surface area contributed by atoms with Crippen molar-refractivity contribution < 1.29 is 14.6 Å². The lowest BCUT2D eigenvalue weighted by atomic mass is 10.1. The van der Waals surface area contributed by atoms with Gasteiger partial charge in [-0.25, -0.2) is 0 Å². The lowest BCUT2D eigenvalue weighted by Crippen LogP contribution is -2.29. The number of ether oxygens (including phenoxy) is 1. The molecule has 0 aliphatic rings. The highest BCUT2D eigenvalue weighted by Crippen LogP contribution is 2.18. The van der Waals surface area contributed by atoms with Gasteiger partial charge < -0.3 is 15.2 Å². The molecule has 0 bridgehead atoms. The van der Waals surface area contributed by atoms with E-state index in [-0.39, 0.29) is 25.2 Å². The van der Waals surface area contributed by atoms with Crippen LogP contribution in [0.4, 0.5) is 0 Å². The van der Waals surface area contributed by atoms with Gasteiger partial charge in [-0.15, -0.1) is 5.10 Å². The summed E-state index contributed by atoms with van der Waals surface area (Å²) in [5, 5.41) is 15.6. The van der Waals surface area contributed by atoms with Crippen LogP contribution in [-0.2, 0) is 4.74 Å². The molecule has 2 rings (SSSR count). The number of nitrogens with zero attached hydrogens (tertiary/aromatic N) is 2. The molecule has 1 unspecified atom stereocenters. The molecule has 7 heteroatoms. The van der Waals surface area contributed by atoms with Gasteiger partial charge in [0.2, 0.25) is 0 Å². The molecule has 0 aliphatic carbocycles. The number of aliphatic hydroxyl groups excluding tert-OH is 1. The predicted octanol–water partition coefficient (Wildman–Crippen LogP) is 1.63. The van der Waals surface area contributed by atoms with Gasteiger partial charge in [-0.3, -0.25) is 4.79 Å². The van der Waals surface area contributed by atoms with Gasteiger partial charge in [-0.2, -0.15) is 0 Å². The number of carbonyl (C=O) groups is 1. The van der Waals surface area contributed by atoms with E-state index in [1.54, 1.807) is 6.92 Å². The number of nitrogens with one attached hydrogen (secondary N) is 1. The summed E-state index contributed by atoms with van der Waals surface area (Å²) in [4.78, 5) is 12.6. The van der Waals surface area contributed by atoms with Crippen molar-refractivity contribution in [1.29, 1.82) is 0 Å². The number of rotatable bonds is 7. The number of amides is 1. The van der Waals surface area contributed by atoms with Crippen molar-refractivity contribution in [3.63, 3.8) is 0 Å². The number of hydrogen-bond donors (Lipinski definition) is 2. The van der Waals surface area contributed by atoms with Crippen LogP contribution in [0.5, 0.6) is 0 Å². The van der Waals surface area contributed by atoms with E-state index < -0.39 is 0 Å². The van der Waals surface area contributed by atoms with E-state index in [9.17, 15) is 4.79 Å². The average molecular weight is 321 g/mol. The van der Waals surface area contributed by atoms with Crippen LogP contribution in [0.3, 0.4) is 0 Å². The van der Waals surface area contributed by atoms with Gasteiger partial charge in [0.15, 0.2) is 0 Å². The maximum absolute atomic E-state index is 12.1. The van der Waals surface area contributed by atoms with Crippen molar-refractivity contribution in [2.24, 2.45) is 0 Å². The summed E-state index contributed by atoms with van der Waals surface area (Å²) in [5.74, 6) is -0.211. The molecule has 0 radical (unpaired) electrons. The molecule has 2 aromatic rings. The fraction of sp³-hybridized carbons (Fsp3) is 0.400. The standard InChI is InChI=1S/C15H19N3O3S/c1-10-3-5-12(6-4-10)13(21-8-7-19)9-16-15(20)14-11(2)17-18-22-14/h3-6,13,19H,7-9H2,1-2H3,(H,16,20). The maximum Gasteiger partial charge on any atom is 0.265 e. The van der Waals surface area contributed by atoms with E-state index in [0.29, 0.717) is 17.1 Å². The van der Waals surface area contributed by atoms with Crippen LogP contribution in [0.1, 0.15) is 32.6 Å². The molecule has 1 aromatic carbocycles. The number of carbonyl (C=O) groups excluding carboxylic acids is 1. The van der Waals surface area contributed by atoms with Crippen LogP contribution in [-0.4, -0.2) is 40.4 Å². The van der Waals surface area contributed by atoms with Gasteiger partial charge in [0, 0.05) is 6.54 Å². The molecule has 0 spiro atoms. The van der Waals surface area contributed by atoms with Gasteiger partial charge in [0.25, 0.3) is 5.91 Å². The fourth-order valence-corrected chi connectivity index (χ4v) is 2.53. The zero-order valence-electron chi connectivity index (χ0n) is 12.6. The Kier molecular flexibility index (Phi) is 6.00. The minimum absolute atomic E-state index is 0.0613. The molecule has 0 fully saturated rings. The quantitative estimate of drug-likeness (QED) is 0.810. The van der Waals surface area contributed by atoms with Gasteiger partial charge in [0.05, 0.1) is 25.0 Å². The van der Waals surface area contributed by atoms with Crippen LogP contribution in [0.25, 0.3) is 0 Å². The molecule has 1 heterocycles. The molecule has 0 saturated carbocycles. The Morgan fingerprint density at radius 2 is 2.09 bits per heavy atom. The normalized spacial score (nSPS) is 12.1. The van der Waals surface area contributed by atoms with Crippen LogP contribution in [0.2, 0.25) is 0 Å². The van der Waals surface area contributed by atoms with E-state index in [2.05, 4.69) is 14.9 Å². The predicted molar refractivity (Wildman–Crippen MR) is 83.9 cm³/mol. The Balaban J connectivity index is 2.02. The number of aromatic nitrogens is 2. The Hall–Kier alpha value is -1.83. The number of aryl methyl sites for hydroxylation is 2. The van der Waals surface area contributed by atoms with Gasteiger partial charge in [-0.1, -0.05) is 34.3 Å². The maximum atomic E-state index is 12.1. The van der Waals surface area contributed by atoms with E-state index in [0.717, 1.165) is 22.7 Å². The molecule has 6 nitrogen and oxygen atoms in total.